The molecule has 0 saturated heterocycles. The number of aromatic hydroxyl groups is 1. The van der Waals surface area contributed by atoms with Gasteiger partial charge in [0.05, 0.1) is 22.1 Å². The number of para-hydroxylation sites is 3. The maximum Gasteiger partial charge on any atom is 0.267 e. The molecule has 40 heavy (non-hydrogen) atoms. The van der Waals surface area contributed by atoms with E-state index in [1.807, 2.05) is 61.5 Å². The number of fused-ring (bicyclic) bond motifs is 2. The Morgan fingerprint density at radius 1 is 0.875 bits per heavy atom. The molecule has 0 aliphatic carbocycles. The summed E-state index contributed by atoms with van der Waals surface area (Å²) in [5, 5.41) is 23.9. The van der Waals surface area contributed by atoms with Crippen molar-refractivity contribution >= 4 is 45.0 Å². The third-order valence-electron chi connectivity index (χ3n) is 6.54. The summed E-state index contributed by atoms with van der Waals surface area (Å²) in [5.74, 6) is -0.469. The van der Waals surface area contributed by atoms with E-state index in [0.717, 1.165) is 5.56 Å². The number of azo groups is 1. The molecule has 196 valence electrons. The van der Waals surface area contributed by atoms with Gasteiger partial charge in [-0.1, -0.05) is 60.2 Å². The number of nitrogens with one attached hydrogen (secondary N) is 1. The molecule has 2 heterocycles. The van der Waals surface area contributed by atoms with E-state index in [1.54, 1.807) is 48.5 Å². The number of carbonyl (C=O) groups is 1. The molecule has 4 aromatic carbocycles. The molecule has 6 aromatic rings. The number of amides is 1. The molecule has 2 N–H and O–H groups in total. The van der Waals surface area contributed by atoms with Crippen molar-refractivity contribution in [1.82, 2.24) is 14.1 Å². The topological polar surface area (TPSA) is 114 Å². The first kappa shape index (κ1) is 24.7. The average molecular weight is 529 g/mol. The Bertz CT molecular complexity index is 1960. The van der Waals surface area contributed by atoms with E-state index in [4.69, 9.17) is 0 Å². The molecule has 1 amide bonds. The van der Waals surface area contributed by atoms with Crippen LogP contribution in [0.4, 0.5) is 17.3 Å². The molecule has 0 spiro atoms. The Kier molecular flexibility index (Phi) is 6.37. The molecule has 0 aliphatic heterocycles. The van der Waals surface area contributed by atoms with Gasteiger partial charge in [0.1, 0.15) is 6.54 Å². The van der Waals surface area contributed by atoms with Gasteiger partial charge < -0.3 is 15.0 Å². The van der Waals surface area contributed by atoms with Gasteiger partial charge in [-0.15, -0.1) is 10.2 Å². The van der Waals surface area contributed by atoms with Crippen molar-refractivity contribution in [3.8, 4) is 11.6 Å². The van der Waals surface area contributed by atoms with E-state index < -0.39 is 0 Å². The van der Waals surface area contributed by atoms with Gasteiger partial charge in [0, 0.05) is 11.1 Å². The minimum atomic E-state index is -0.309. The minimum absolute atomic E-state index is 0.0599. The Morgan fingerprint density at radius 3 is 2.35 bits per heavy atom. The van der Waals surface area contributed by atoms with Gasteiger partial charge in [-0.3, -0.25) is 9.59 Å². The van der Waals surface area contributed by atoms with Crippen LogP contribution in [0.5, 0.6) is 5.88 Å². The zero-order chi connectivity index (χ0) is 27.6. The fraction of sp³-hybridized carbons (Fsp3) is 0.0645. The van der Waals surface area contributed by atoms with Gasteiger partial charge in [0.15, 0.2) is 5.69 Å². The number of aromatic nitrogens is 3. The molecule has 6 rings (SSSR count). The first-order chi connectivity index (χ1) is 19.5. The van der Waals surface area contributed by atoms with Gasteiger partial charge in [0.25, 0.3) is 11.5 Å². The highest BCUT2D eigenvalue weighted by Gasteiger charge is 2.20. The lowest BCUT2D eigenvalue weighted by molar-refractivity contribution is -0.116. The predicted octanol–water partition coefficient (Wildman–Crippen LogP) is 6.41. The standard InChI is InChI=1S/C31H24N6O3/c1-20-16-17-26-24(18-20)28(30(40)36(26)19-27(38)32-21-10-4-2-5-11-21)34-35-31-33-25-15-9-8-14-23(25)29(39)37(31)22-12-6-3-7-13-22/h2-18,40H,19H2,1H3,(H,32,38). The van der Waals surface area contributed by atoms with Gasteiger partial charge in [-0.2, -0.15) is 0 Å². The Morgan fingerprint density at radius 2 is 1.57 bits per heavy atom. The van der Waals surface area contributed by atoms with Gasteiger partial charge >= 0.3 is 0 Å². The molecule has 0 radical (unpaired) electrons. The zero-order valence-electron chi connectivity index (χ0n) is 21.5. The number of hydrogen-bond acceptors (Lipinski definition) is 6. The van der Waals surface area contributed by atoms with Crippen molar-refractivity contribution in [2.45, 2.75) is 13.5 Å². The van der Waals surface area contributed by atoms with E-state index in [-0.39, 0.29) is 35.5 Å². The summed E-state index contributed by atoms with van der Waals surface area (Å²) >= 11 is 0. The van der Waals surface area contributed by atoms with Crippen LogP contribution in [0.3, 0.4) is 0 Å². The number of nitrogens with zero attached hydrogens (tertiary/aromatic N) is 5. The van der Waals surface area contributed by atoms with Crippen molar-refractivity contribution in [1.29, 1.82) is 0 Å². The van der Waals surface area contributed by atoms with Crippen LogP contribution < -0.4 is 10.9 Å². The Hall–Kier alpha value is -5.57. The van der Waals surface area contributed by atoms with Crippen LogP contribution in [0.2, 0.25) is 0 Å². The zero-order valence-corrected chi connectivity index (χ0v) is 21.5. The predicted molar refractivity (Wildman–Crippen MR) is 155 cm³/mol. The number of rotatable bonds is 6. The monoisotopic (exact) mass is 528 g/mol. The number of aryl methyl sites for hydroxylation is 1. The normalized spacial score (nSPS) is 11.4. The molecule has 0 saturated carbocycles. The van der Waals surface area contributed by atoms with Crippen LogP contribution in [0.25, 0.3) is 27.5 Å². The highest BCUT2D eigenvalue weighted by atomic mass is 16.3. The molecule has 0 unspecified atom stereocenters. The number of benzene rings is 4. The summed E-state index contributed by atoms with van der Waals surface area (Å²) in [6.07, 6.45) is 0. The quantitative estimate of drug-likeness (QED) is 0.243. The third kappa shape index (κ3) is 4.60. The maximum absolute atomic E-state index is 13.5. The molecule has 9 heteroatoms. The second-order valence-corrected chi connectivity index (χ2v) is 9.30. The Labute approximate surface area is 228 Å². The highest BCUT2D eigenvalue weighted by Crippen LogP contribution is 2.40. The van der Waals surface area contributed by atoms with E-state index in [1.165, 1.54) is 9.13 Å². The maximum atomic E-state index is 13.5. The summed E-state index contributed by atoms with van der Waals surface area (Å²) < 4.78 is 2.88. The minimum Gasteiger partial charge on any atom is -0.493 e. The number of anilines is 1. The van der Waals surface area contributed by atoms with Crippen molar-refractivity contribution in [2.75, 3.05) is 5.32 Å². The molecule has 9 nitrogen and oxygen atoms in total. The van der Waals surface area contributed by atoms with E-state index in [2.05, 4.69) is 20.5 Å². The van der Waals surface area contributed by atoms with Crippen molar-refractivity contribution in [2.24, 2.45) is 10.2 Å². The average Bonchev–Trinajstić information content (AvgIpc) is 3.22. The summed E-state index contributed by atoms with van der Waals surface area (Å²) in [4.78, 5) is 30.9. The molecule has 0 atom stereocenters. The summed E-state index contributed by atoms with van der Waals surface area (Å²) in [7, 11) is 0. The van der Waals surface area contributed by atoms with Crippen molar-refractivity contribution in [3.63, 3.8) is 0 Å². The van der Waals surface area contributed by atoms with E-state index in [9.17, 15) is 14.7 Å². The molecule has 0 fully saturated rings. The molecule has 0 bridgehead atoms. The van der Waals surface area contributed by atoms with Gasteiger partial charge in [0.2, 0.25) is 11.8 Å². The molecular formula is C31H24N6O3. The third-order valence-corrected chi connectivity index (χ3v) is 6.54. The fourth-order valence-corrected chi connectivity index (χ4v) is 4.65. The second kappa shape index (κ2) is 10.3. The summed E-state index contributed by atoms with van der Waals surface area (Å²) in [5.41, 5.74) is 3.17. The van der Waals surface area contributed by atoms with Crippen LogP contribution in [0.1, 0.15) is 5.56 Å². The van der Waals surface area contributed by atoms with Gasteiger partial charge in [-0.05, 0) is 55.5 Å². The summed E-state index contributed by atoms with van der Waals surface area (Å²) in [6.45, 7) is 1.79. The van der Waals surface area contributed by atoms with Crippen molar-refractivity contribution in [3.05, 3.63) is 119 Å². The van der Waals surface area contributed by atoms with Crippen LogP contribution in [0.15, 0.2) is 118 Å². The first-order valence-electron chi connectivity index (χ1n) is 12.7. The second-order valence-electron chi connectivity index (χ2n) is 9.30. The first-order valence-corrected chi connectivity index (χ1v) is 12.7. The molecule has 2 aromatic heterocycles. The van der Waals surface area contributed by atoms with E-state index >= 15 is 0 Å². The van der Waals surface area contributed by atoms with Crippen LogP contribution in [0, 0.1) is 6.92 Å². The Balaban J connectivity index is 1.46. The van der Waals surface area contributed by atoms with Gasteiger partial charge in [-0.25, -0.2) is 9.55 Å². The molecule has 0 aliphatic rings. The largest absolute Gasteiger partial charge is 0.493 e. The van der Waals surface area contributed by atoms with Crippen LogP contribution in [-0.4, -0.2) is 25.1 Å². The van der Waals surface area contributed by atoms with Crippen molar-refractivity contribution < 1.29 is 9.90 Å². The summed E-state index contributed by atoms with van der Waals surface area (Å²) in [6, 6.07) is 30.8. The number of carbonyl (C=O) groups excluding carboxylic acids is 1. The molecular weight excluding hydrogens is 504 g/mol. The fourth-order valence-electron chi connectivity index (χ4n) is 4.65. The van der Waals surface area contributed by atoms with E-state index in [0.29, 0.717) is 33.2 Å². The smallest absolute Gasteiger partial charge is 0.267 e. The number of hydrogen-bond donors (Lipinski definition) is 2. The lowest BCUT2D eigenvalue weighted by atomic mass is 10.1. The lowest BCUT2D eigenvalue weighted by Gasteiger charge is -2.09. The van der Waals surface area contributed by atoms with Crippen LogP contribution in [-0.2, 0) is 11.3 Å². The lowest BCUT2D eigenvalue weighted by Crippen LogP contribution is -2.19. The van der Waals surface area contributed by atoms with Crippen LogP contribution >= 0.6 is 0 Å². The highest BCUT2D eigenvalue weighted by molar-refractivity contribution is 5.98. The SMILES string of the molecule is Cc1ccc2c(c1)c(N=Nc1nc3ccccc3c(=O)n1-c1ccccc1)c(O)n2CC(=O)Nc1ccccc1.